The van der Waals surface area contributed by atoms with E-state index in [0.717, 1.165) is 5.56 Å². The number of nitrogens with one attached hydrogen (secondary N) is 1. The largest absolute Gasteiger partial charge is 1.00 e. The van der Waals surface area contributed by atoms with Crippen LogP contribution in [0.2, 0.25) is 0 Å². The number of carbonyl (C=O) groups excluding carboxylic acids is 1. The monoisotopic (exact) mass is 700 g/mol. The number of benzene rings is 1. The summed E-state index contributed by atoms with van der Waals surface area (Å²) in [6, 6.07) is 7.10. The predicted octanol–water partition coefficient (Wildman–Crippen LogP) is -1.59. The number of amides is 1. The fourth-order valence-electron chi connectivity index (χ4n) is 5.25. The number of aromatic nitrogens is 4. The van der Waals surface area contributed by atoms with Crippen molar-refractivity contribution in [3.05, 3.63) is 48.2 Å². The molecule has 0 aliphatic carbocycles. The van der Waals surface area contributed by atoms with E-state index in [-0.39, 0.29) is 32.2 Å². The fourth-order valence-corrected chi connectivity index (χ4v) is 5.25. The Morgan fingerprint density at radius 1 is 0.882 bits per heavy atom. The predicted molar refractivity (Wildman–Crippen MR) is 196 cm³/mol. The molecule has 3 N–H and O–H groups in total. The minimum absolute atomic E-state index is 0. The van der Waals surface area contributed by atoms with E-state index in [1.807, 2.05) is 15.9 Å². The number of hydrogen-bond acceptors (Lipinski definition) is 13. The average Bonchev–Trinajstić information content (AvgIpc) is 3.13. The third-order valence-corrected chi connectivity index (χ3v) is 7.98. The Labute approximate surface area is 312 Å². The number of primary amides is 1. The van der Waals surface area contributed by atoms with Crippen LogP contribution in [0.4, 0.5) is 23.5 Å². The molecule has 18 heteroatoms. The third kappa shape index (κ3) is 11.7. The maximum Gasteiger partial charge on any atom is 1.00 e. The number of carbonyl (C=O) groups is 1. The van der Waals surface area contributed by atoms with Gasteiger partial charge in [-0.15, -0.1) is 5.96 Å². The van der Waals surface area contributed by atoms with Crippen LogP contribution in [0.3, 0.4) is 0 Å². The summed E-state index contributed by atoms with van der Waals surface area (Å²) in [5.74, 6) is 1.24. The van der Waals surface area contributed by atoms with Crippen molar-refractivity contribution < 1.29 is 42.6 Å². The molecule has 1 saturated heterocycles. The topological polar surface area (TPSA) is 191 Å². The molecule has 0 radical (unpaired) electrons. The molecule has 274 valence electrons. The summed E-state index contributed by atoms with van der Waals surface area (Å²) >= 11 is 0. The molecule has 0 spiro atoms. The molecule has 51 heavy (non-hydrogen) atoms. The van der Waals surface area contributed by atoms with Crippen LogP contribution in [0, 0.1) is 7.43 Å². The van der Waals surface area contributed by atoms with E-state index in [2.05, 4.69) is 15.2 Å². The van der Waals surface area contributed by atoms with Gasteiger partial charge in [0.1, 0.15) is 11.0 Å². The summed E-state index contributed by atoms with van der Waals surface area (Å²) in [6.07, 6.45) is 0. The molecule has 0 unspecified atom stereocenters. The van der Waals surface area contributed by atoms with Gasteiger partial charge in [-0.2, -0.15) is 9.97 Å². The zero-order chi connectivity index (χ0) is 35.2. The first-order valence-electron chi connectivity index (χ1n) is 16.0. The number of piperazine rings is 1. The fraction of sp³-hybridized carbons (Fsp3) is 0.515. The molecule has 1 aliphatic heterocycles. The number of methoxy groups -OCH3 is 4. The minimum atomic E-state index is -0.510. The van der Waals surface area contributed by atoms with E-state index in [0.29, 0.717) is 125 Å². The van der Waals surface area contributed by atoms with Gasteiger partial charge in [0.15, 0.2) is 11.6 Å². The number of nitrogens with zero attached hydrogens (tertiary/aromatic N) is 10. The van der Waals surface area contributed by atoms with Crippen LogP contribution in [0.5, 0.6) is 0 Å². The smallest absolute Gasteiger partial charge is 0.575 e. The van der Waals surface area contributed by atoms with Gasteiger partial charge in [-0.05, 0) is 30.8 Å². The SMILES string of the molecule is [CH-]=NC(=[N-])N1CCN(c2nc(N(CCOC)CCOC)nc3c(NCc4cccc(C(N)=O)c4)nc(N(CCOC)CCOC)nc23)CC1.[CH3-].[Li+]. The van der Waals surface area contributed by atoms with Crippen molar-refractivity contribution in [3.63, 3.8) is 0 Å². The van der Waals surface area contributed by atoms with Gasteiger partial charge in [-0.25, -0.2) is 9.97 Å². The Morgan fingerprint density at radius 3 is 1.92 bits per heavy atom. The Kier molecular flexibility index (Phi) is 18.5. The van der Waals surface area contributed by atoms with Gasteiger partial charge in [0.25, 0.3) is 0 Å². The summed E-state index contributed by atoms with van der Waals surface area (Å²) in [7, 11) is 6.57. The average molecular weight is 701 g/mol. The van der Waals surface area contributed by atoms with Crippen LogP contribution in [-0.4, -0.2) is 151 Å². The van der Waals surface area contributed by atoms with Gasteiger partial charge in [-0.1, -0.05) is 12.1 Å². The summed E-state index contributed by atoms with van der Waals surface area (Å²) in [6.45, 7) is 11.4. The molecular formula is C33H49LiN12O5-2. The van der Waals surface area contributed by atoms with Crippen LogP contribution < -0.4 is 44.6 Å². The van der Waals surface area contributed by atoms with Crippen molar-refractivity contribution in [2.24, 2.45) is 10.7 Å². The standard InChI is InChI=1S/C32H46N12O5.CH3.Li/c1-35-30(34)42-11-9-41(10-12-42)29-26-25(37-32(40-29)44(15-19-48-4)16-20-49-5)28(36-22-23-7-6-8-24(21-23)27(33)45)39-31(38-26)43(13-17-46-2)14-18-47-3;;/h1,6-8,21H,9-20,22H2,2-5H3,(H2,33,45)(H,36,38,39);1H3;/q-2;-1;+1. The zero-order valence-corrected chi connectivity index (χ0v) is 30.7. The first-order valence-corrected chi connectivity index (χ1v) is 16.0. The second-order valence-electron chi connectivity index (χ2n) is 11.2. The number of guanidine groups is 1. The van der Waals surface area contributed by atoms with Crippen LogP contribution in [-0.2, 0) is 25.5 Å². The molecule has 0 atom stereocenters. The number of hydrogen-bond donors (Lipinski definition) is 2. The third-order valence-electron chi connectivity index (χ3n) is 7.98. The number of anilines is 4. The van der Waals surface area contributed by atoms with Gasteiger partial charge in [0, 0.05) is 79.8 Å². The Morgan fingerprint density at radius 2 is 1.41 bits per heavy atom. The number of nitrogens with two attached hydrogens (primary N) is 1. The first-order chi connectivity index (χ1) is 23.8. The van der Waals surface area contributed by atoms with E-state index in [1.54, 1.807) is 51.5 Å². The van der Waals surface area contributed by atoms with E-state index in [4.69, 9.17) is 51.3 Å². The van der Waals surface area contributed by atoms with Crippen molar-refractivity contribution in [2.45, 2.75) is 6.54 Å². The molecule has 1 aliphatic rings. The minimum Gasteiger partial charge on any atom is -0.575 e. The van der Waals surface area contributed by atoms with Gasteiger partial charge < -0.3 is 67.4 Å². The second kappa shape index (κ2) is 22.0. The van der Waals surface area contributed by atoms with Crippen LogP contribution in [0.15, 0.2) is 29.3 Å². The quantitative estimate of drug-likeness (QED) is 0.0630. The Hall–Kier alpha value is -4.11. The van der Waals surface area contributed by atoms with Gasteiger partial charge >= 0.3 is 18.9 Å². The molecular weight excluding hydrogens is 651 g/mol. The van der Waals surface area contributed by atoms with Crippen molar-refractivity contribution in [2.75, 3.05) is 127 Å². The molecule has 1 fully saturated rings. The summed E-state index contributed by atoms with van der Waals surface area (Å²) < 4.78 is 21.6. The maximum atomic E-state index is 11.9. The molecule has 0 bridgehead atoms. The van der Waals surface area contributed by atoms with E-state index in [9.17, 15) is 10.2 Å². The van der Waals surface area contributed by atoms with E-state index >= 15 is 0 Å². The molecule has 1 aromatic carbocycles. The number of fused-ring (bicyclic) bond motifs is 1. The van der Waals surface area contributed by atoms with Crippen molar-refractivity contribution in [3.8, 4) is 0 Å². The van der Waals surface area contributed by atoms with Crippen LogP contribution in [0.1, 0.15) is 15.9 Å². The number of ether oxygens (including phenoxy) is 4. The molecule has 3 heterocycles. The second-order valence-corrected chi connectivity index (χ2v) is 11.2. The summed E-state index contributed by atoms with van der Waals surface area (Å²) in [5.41, 5.74) is 7.82. The maximum absolute atomic E-state index is 11.9. The van der Waals surface area contributed by atoms with Gasteiger partial charge in [-0.3, -0.25) is 11.5 Å². The van der Waals surface area contributed by atoms with Gasteiger partial charge in [0.2, 0.25) is 17.8 Å². The molecule has 0 saturated carbocycles. The Bertz CT molecular complexity index is 1540. The normalized spacial score (nSPS) is 12.5. The van der Waals surface area contributed by atoms with Crippen LogP contribution in [0.25, 0.3) is 16.4 Å². The van der Waals surface area contributed by atoms with Gasteiger partial charge in [0.05, 0.1) is 26.4 Å². The number of rotatable bonds is 19. The first kappa shape index (κ1) is 43.1. The van der Waals surface area contributed by atoms with Crippen molar-refractivity contribution in [1.82, 2.24) is 24.8 Å². The molecule has 3 aromatic rings. The van der Waals surface area contributed by atoms with Crippen molar-refractivity contribution in [1.29, 1.82) is 0 Å². The zero-order valence-electron chi connectivity index (χ0n) is 30.7. The van der Waals surface area contributed by atoms with E-state index < -0.39 is 5.91 Å². The molecule has 2 aromatic heterocycles. The van der Waals surface area contributed by atoms with Crippen molar-refractivity contribution >= 4 is 53.2 Å². The molecule has 17 nitrogen and oxygen atoms in total. The summed E-state index contributed by atoms with van der Waals surface area (Å²) in [4.78, 5) is 43.3. The molecule has 4 rings (SSSR count). The van der Waals surface area contributed by atoms with E-state index in [1.165, 1.54) is 0 Å². The summed E-state index contributed by atoms with van der Waals surface area (Å²) in [5, 5.41) is 13.6. The van der Waals surface area contributed by atoms with Crippen LogP contribution >= 0.6 is 0 Å². The Balaban J connectivity index is 0.00000451. The molecule has 1 amide bonds. The number of aliphatic imine (C=N–C) groups is 1.